The van der Waals surface area contributed by atoms with Crippen LogP contribution in [0.2, 0.25) is 0 Å². The Labute approximate surface area is 141 Å². The van der Waals surface area contributed by atoms with Gasteiger partial charge in [-0.1, -0.05) is 44.9 Å². The Morgan fingerprint density at radius 1 is 1.09 bits per heavy atom. The predicted octanol–water partition coefficient (Wildman–Crippen LogP) is 5.71. The zero-order valence-corrected chi connectivity index (χ0v) is 15.3. The van der Waals surface area contributed by atoms with Gasteiger partial charge in [0.05, 0.1) is 0 Å². The fraction of sp³-hybridized carbons (Fsp3) is 0.773. The molecule has 2 fully saturated rings. The summed E-state index contributed by atoms with van der Waals surface area (Å²) in [4.78, 5) is 11.9. The lowest BCUT2D eigenvalue weighted by Gasteiger charge is -2.57. The molecule has 2 saturated carbocycles. The summed E-state index contributed by atoms with van der Waals surface area (Å²) in [5.41, 5.74) is 3.97. The van der Waals surface area contributed by atoms with Crippen molar-refractivity contribution >= 4 is 5.78 Å². The van der Waals surface area contributed by atoms with Crippen LogP contribution in [0.3, 0.4) is 0 Å². The second kappa shape index (κ2) is 5.07. The van der Waals surface area contributed by atoms with Gasteiger partial charge in [-0.15, -0.1) is 0 Å². The Hall–Kier alpha value is -0.850. The molecule has 4 aliphatic carbocycles. The molecule has 1 nitrogen and oxygen atoms in total. The summed E-state index contributed by atoms with van der Waals surface area (Å²) in [5.74, 6) is 3.62. The topological polar surface area (TPSA) is 17.1 Å². The van der Waals surface area contributed by atoms with E-state index >= 15 is 0 Å². The molecule has 1 heteroatoms. The zero-order valence-electron chi connectivity index (χ0n) is 15.3. The minimum atomic E-state index is 0.318. The van der Waals surface area contributed by atoms with Crippen molar-refractivity contribution in [3.8, 4) is 0 Å². The van der Waals surface area contributed by atoms with Gasteiger partial charge < -0.3 is 0 Å². The van der Waals surface area contributed by atoms with Gasteiger partial charge in [0.25, 0.3) is 0 Å². The zero-order chi connectivity index (χ0) is 16.4. The summed E-state index contributed by atoms with van der Waals surface area (Å²) in [5, 5.41) is 0. The molecule has 0 unspecified atom stereocenters. The van der Waals surface area contributed by atoms with Gasteiger partial charge in [-0.2, -0.15) is 0 Å². The lowest BCUT2D eigenvalue weighted by atomic mass is 9.47. The summed E-state index contributed by atoms with van der Waals surface area (Å²) in [6, 6.07) is 0. The van der Waals surface area contributed by atoms with Crippen LogP contribution < -0.4 is 0 Å². The smallest absolute Gasteiger partial charge is 0.155 e. The molecule has 4 rings (SSSR count). The predicted molar refractivity (Wildman–Crippen MR) is 95.0 cm³/mol. The molecule has 0 aromatic rings. The highest BCUT2D eigenvalue weighted by Crippen LogP contribution is 2.64. The van der Waals surface area contributed by atoms with Crippen LogP contribution in [0.4, 0.5) is 0 Å². The first kappa shape index (κ1) is 15.7. The van der Waals surface area contributed by atoms with Crippen LogP contribution in [-0.4, -0.2) is 5.78 Å². The third-order valence-corrected chi connectivity index (χ3v) is 8.11. The van der Waals surface area contributed by atoms with Gasteiger partial charge in [-0.3, -0.25) is 4.79 Å². The van der Waals surface area contributed by atoms with E-state index in [-0.39, 0.29) is 0 Å². The second-order valence-corrected chi connectivity index (χ2v) is 9.59. The summed E-state index contributed by atoms with van der Waals surface area (Å²) >= 11 is 0. The molecule has 0 amide bonds. The molecule has 126 valence electrons. The van der Waals surface area contributed by atoms with Crippen molar-refractivity contribution in [2.45, 2.75) is 72.6 Å². The minimum Gasteiger partial charge on any atom is -0.295 e. The number of hydrogen-bond acceptors (Lipinski definition) is 1. The SMILES string of the molecule is CC(C)C1=C[C@@]2(C)CC[C@H]3[C@@H](CCC4=CC(=O)CC[C@@]43C)[C@@H]2C1. The number of rotatable bonds is 1. The van der Waals surface area contributed by atoms with Gasteiger partial charge in [-0.25, -0.2) is 0 Å². The molecule has 23 heavy (non-hydrogen) atoms. The number of fused-ring (bicyclic) bond motifs is 5. The fourth-order valence-electron chi connectivity index (χ4n) is 6.61. The molecule has 0 bridgehead atoms. The second-order valence-electron chi connectivity index (χ2n) is 9.59. The standard InChI is InChI=1S/C22H32O/c1-14(2)15-11-20-18-6-5-16-12-17(23)7-10-22(16,4)19(18)8-9-21(20,3)13-15/h12-14,18-20H,5-11H2,1-4H3/t18-,19+,20+,21-,22+/m1/s1. The van der Waals surface area contributed by atoms with Gasteiger partial charge in [-0.05, 0) is 79.1 Å². The maximum Gasteiger partial charge on any atom is 0.155 e. The molecule has 0 N–H and O–H groups in total. The molecule has 0 radical (unpaired) electrons. The third-order valence-electron chi connectivity index (χ3n) is 8.11. The molecule has 0 spiro atoms. The Morgan fingerprint density at radius 3 is 2.61 bits per heavy atom. The van der Waals surface area contributed by atoms with E-state index in [1.807, 2.05) is 6.08 Å². The van der Waals surface area contributed by atoms with Crippen LogP contribution in [0.25, 0.3) is 0 Å². The Kier molecular flexibility index (Phi) is 3.45. The monoisotopic (exact) mass is 312 g/mol. The van der Waals surface area contributed by atoms with E-state index in [2.05, 4.69) is 33.8 Å². The Bertz CT molecular complexity index is 595. The van der Waals surface area contributed by atoms with Gasteiger partial charge in [0.1, 0.15) is 0 Å². The first-order valence-electron chi connectivity index (χ1n) is 9.79. The molecule has 0 saturated heterocycles. The minimum absolute atomic E-state index is 0.318. The lowest BCUT2D eigenvalue weighted by Crippen LogP contribution is -2.49. The average molecular weight is 312 g/mol. The lowest BCUT2D eigenvalue weighted by molar-refractivity contribution is -0.117. The van der Waals surface area contributed by atoms with Gasteiger partial charge in [0.15, 0.2) is 5.78 Å². The van der Waals surface area contributed by atoms with Crippen LogP contribution >= 0.6 is 0 Å². The van der Waals surface area contributed by atoms with Crippen molar-refractivity contribution in [1.82, 2.24) is 0 Å². The number of carbonyl (C=O) groups is 1. The summed E-state index contributed by atoms with van der Waals surface area (Å²) in [6.07, 6.45) is 13.1. The Morgan fingerprint density at radius 2 is 1.87 bits per heavy atom. The van der Waals surface area contributed by atoms with E-state index < -0.39 is 0 Å². The normalized spacial score (nSPS) is 46.0. The van der Waals surface area contributed by atoms with E-state index in [4.69, 9.17) is 0 Å². The van der Waals surface area contributed by atoms with E-state index in [0.29, 0.717) is 22.5 Å². The van der Waals surface area contributed by atoms with Crippen LogP contribution in [0.5, 0.6) is 0 Å². The highest BCUT2D eigenvalue weighted by molar-refractivity contribution is 5.91. The van der Waals surface area contributed by atoms with E-state index in [1.54, 1.807) is 5.57 Å². The molecular weight excluding hydrogens is 280 g/mol. The third kappa shape index (κ3) is 2.22. The van der Waals surface area contributed by atoms with Crippen molar-refractivity contribution in [1.29, 1.82) is 0 Å². The molecule has 5 atom stereocenters. The summed E-state index contributed by atoms with van der Waals surface area (Å²) < 4.78 is 0. The number of hydrogen-bond donors (Lipinski definition) is 0. The summed E-state index contributed by atoms with van der Waals surface area (Å²) in [7, 11) is 0. The van der Waals surface area contributed by atoms with Gasteiger partial charge >= 0.3 is 0 Å². The van der Waals surface area contributed by atoms with Crippen molar-refractivity contribution in [3.05, 3.63) is 23.3 Å². The maximum atomic E-state index is 11.9. The van der Waals surface area contributed by atoms with Gasteiger partial charge in [0.2, 0.25) is 0 Å². The molecule has 0 heterocycles. The number of ketones is 1. The van der Waals surface area contributed by atoms with Crippen LogP contribution in [-0.2, 0) is 4.79 Å². The quantitative estimate of drug-likeness (QED) is 0.567. The molecule has 0 aromatic carbocycles. The van der Waals surface area contributed by atoms with E-state index in [1.165, 1.54) is 37.7 Å². The highest BCUT2D eigenvalue weighted by Gasteiger charge is 2.56. The van der Waals surface area contributed by atoms with Crippen molar-refractivity contribution in [3.63, 3.8) is 0 Å². The first-order valence-corrected chi connectivity index (χ1v) is 9.79. The molecule has 0 aliphatic heterocycles. The Balaban J connectivity index is 1.66. The van der Waals surface area contributed by atoms with Crippen LogP contribution in [0, 0.1) is 34.5 Å². The number of allylic oxidation sites excluding steroid dienone is 4. The summed E-state index contributed by atoms with van der Waals surface area (Å²) in [6.45, 7) is 9.73. The number of carbonyl (C=O) groups excluding carboxylic acids is 1. The molecular formula is C22H32O. The maximum absolute atomic E-state index is 11.9. The van der Waals surface area contributed by atoms with E-state index in [9.17, 15) is 4.79 Å². The van der Waals surface area contributed by atoms with Crippen molar-refractivity contribution < 1.29 is 4.79 Å². The van der Waals surface area contributed by atoms with Gasteiger partial charge in [0, 0.05) is 6.42 Å². The van der Waals surface area contributed by atoms with E-state index in [0.717, 1.165) is 30.6 Å². The highest BCUT2D eigenvalue weighted by atomic mass is 16.1. The molecule has 0 aromatic heterocycles. The first-order chi connectivity index (χ1) is 10.8. The van der Waals surface area contributed by atoms with Crippen molar-refractivity contribution in [2.24, 2.45) is 34.5 Å². The van der Waals surface area contributed by atoms with Crippen molar-refractivity contribution in [2.75, 3.05) is 0 Å². The van der Waals surface area contributed by atoms with Crippen LogP contribution in [0.1, 0.15) is 72.6 Å². The molecule has 4 aliphatic rings. The fourth-order valence-corrected chi connectivity index (χ4v) is 6.61. The van der Waals surface area contributed by atoms with Crippen LogP contribution in [0.15, 0.2) is 23.3 Å². The largest absolute Gasteiger partial charge is 0.295 e. The average Bonchev–Trinajstić information content (AvgIpc) is 2.86.